The van der Waals surface area contributed by atoms with Gasteiger partial charge in [0.2, 0.25) is 0 Å². The van der Waals surface area contributed by atoms with Crippen LogP contribution in [0.25, 0.3) is 0 Å². The van der Waals surface area contributed by atoms with Crippen LogP contribution in [-0.2, 0) is 4.79 Å². The van der Waals surface area contributed by atoms with Crippen molar-refractivity contribution in [2.75, 3.05) is 18.5 Å². The number of carbonyl (C=O) groups is 1. The van der Waals surface area contributed by atoms with Gasteiger partial charge in [0.1, 0.15) is 17.2 Å². The first-order valence-corrected chi connectivity index (χ1v) is 8.62. The van der Waals surface area contributed by atoms with E-state index in [0.29, 0.717) is 18.0 Å². The van der Waals surface area contributed by atoms with Crippen LogP contribution < -0.4 is 14.8 Å². The number of para-hydroxylation sites is 2. The van der Waals surface area contributed by atoms with Gasteiger partial charge in [0.25, 0.3) is 5.91 Å². The Labute approximate surface area is 148 Å². The van der Waals surface area contributed by atoms with Gasteiger partial charge in [-0.3, -0.25) is 4.79 Å². The van der Waals surface area contributed by atoms with Gasteiger partial charge in [0.05, 0.1) is 12.3 Å². The van der Waals surface area contributed by atoms with E-state index in [-0.39, 0.29) is 18.3 Å². The molecular weight excluding hydrogens is 318 g/mol. The molecule has 25 heavy (non-hydrogen) atoms. The Kier molecular flexibility index (Phi) is 7.63. The predicted molar refractivity (Wildman–Crippen MR) is 98.3 cm³/mol. The fraction of sp³-hybridized carbons (Fsp3) is 0.350. The molecule has 0 radical (unpaired) electrons. The third-order valence-electron chi connectivity index (χ3n) is 3.62. The van der Waals surface area contributed by atoms with Crippen molar-refractivity contribution < 1.29 is 19.4 Å². The van der Waals surface area contributed by atoms with Gasteiger partial charge in [-0.15, -0.1) is 0 Å². The largest absolute Gasteiger partial charge is 0.506 e. The molecule has 0 heterocycles. The minimum atomic E-state index is -0.340. The molecule has 5 heteroatoms. The zero-order chi connectivity index (χ0) is 17.9. The number of unbranched alkanes of at least 4 members (excludes halogenated alkanes) is 3. The molecule has 2 aromatic carbocycles. The molecule has 0 atom stereocenters. The molecule has 0 fully saturated rings. The highest BCUT2D eigenvalue weighted by atomic mass is 16.5. The van der Waals surface area contributed by atoms with E-state index >= 15 is 0 Å². The van der Waals surface area contributed by atoms with Gasteiger partial charge in [-0.05, 0) is 30.7 Å². The maximum absolute atomic E-state index is 11.9. The molecule has 0 aliphatic heterocycles. The highest BCUT2D eigenvalue weighted by Crippen LogP contribution is 2.22. The summed E-state index contributed by atoms with van der Waals surface area (Å²) in [6.45, 7) is 2.71. The van der Waals surface area contributed by atoms with Crippen molar-refractivity contribution >= 4 is 11.6 Å². The molecule has 134 valence electrons. The Bertz CT molecular complexity index is 672. The van der Waals surface area contributed by atoms with Crippen LogP contribution in [0.15, 0.2) is 48.5 Å². The second-order valence-corrected chi connectivity index (χ2v) is 5.74. The number of nitrogens with one attached hydrogen (secondary N) is 1. The van der Waals surface area contributed by atoms with Crippen LogP contribution in [0.4, 0.5) is 5.69 Å². The molecule has 0 bridgehead atoms. The summed E-state index contributed by atoms with van der Waals surface area (Å²) >= 11 is 0. The van der Waals surface area contributed by atoms with Crippen molar-refractivity contribution in [2.45, 2.75) is 32.6 Å². The molecule has 0 aliphatic rings. The normalized spacial score (nSPS) is 10.3. The number of ether oxygens (including phenoxy) is 2. The van der Waals surface area contributed by atoms with E-state index in [2.05, 4.69) is 12.2 Å². The van der Waals surface area contributed by atoms with Crippen molar-refractivity contribution in [3.63, 3.8) is 0 Å². The Morgan fingerprint density at radius 2 is 1.76 bits per heavy atom. The molecule has 0 aliphatic carbocycles. The second kappa shape index (κ2) is 10.2. The molecule has 0 spiro atoms. The average Bonchev–Trinajstić information content (AvgIpc) is 2.62. The monoisotopic (exact) mass is 343 g/mol. The predicted octanol–water partition coefficient (Wildman–Crippen LogP) is 4.37. The lowest BCUT2D eigenvalue weighted by molar-refractivity contribution is -0.118. The van der Waals surface area contributed by atoms with E-state index in [1.807, 2.05) is 12.1 Å². The minimum absolute atomic E-state index is 0.0225. The third kappa shape index (κ3) is 6.75. The SMILES string of the molecule is CCCCCCOc1cccc(OCC(=O)Nc2ccccc2O)c1. The summed E-state index contributed by atoms with van der Waals surface area (Å²) in [7, 11) is 0. The van der Waals surface area contributed by atoms with E-state index in [1.165, 1.54) is 25.3 Å². The first-order chi connectivity index (χ1) is 12.2. The highest BCUT2D eigenvalue weighted by Gasteiger charge is 2.07. The molecule has 0 saturated carbocycles. The fourth-order valence-electron chi connectivity index (χ4n) is 2.29. The number of hydrogen-bond donors (Lipinski definition) is 2. The molecule has 1 amide bonds. The van der Waals surface area contributed by atoms with Crippen molar-refractivity contribution in [1.29, 1.82) is 0 Å². The van der Waals surface area contributed by atoms with Gasteiger partial charge >= 0.3 is 0 Å². The first kappa shape index (κ1) is 18.6. The van der Waals surface area contributed by atoms with E-state index < -0.39 is 0 Å². The van der Waals surface area contributed by atoms with Crippen LogP contribution in [0.1, 0.15) is 32.6 Å². The van der Waals surface area contributed by atoms with Crippen molar-refractivity contribution in [3.05, 3.63) is 48.5 Å². The fourth-order valence-corrected chi connectivity index (χ4v) is 2.29. The minimum Gasteiger partial charge on any atom is -0.506 e. The Morgan fingerprint density at radius 3 is 2.52 bits per heavy atom. The number of amides is 1. The van der Waals surface area contributed by atoms with Crippen LogP contribution in [-0.4, -0.2) is 24.2 Å². The van der Waals surface area contributed by atoms with E-state index in [0.717, 1.165) is 12.2 Å². The summed E-state index contributed by atoms with van der Waals surface area (Å²) in [5, 5.41) is 12.2. The molecule has 2 N–H and O–H groups in total. The van der Waals surface area contributed by atoms with Gasteiger partial charge in [0.15, 0.2) is 6.61 Å². The molecule has 2 aromatic rings. The Hall–Kier alpha value is -2.69. The molecule has 2 rings (SSSR count). The van der Waals surface area contributed by atoms with Crippen LogP contribution in [0.2, 0.25) is 0 Å². The Morgan fingerprint density at radius 1 is 1.00 bits per heavy atom. The summed E-state index contributed by atoms with van der Waals surface area (Å²) in [6, 6.07) is 13.8. The van der Waals surface area contributed by atoms with Crippen molar-refractivity contribution in [3.8, 4) is 17.2 Å². The number of hydrogen-bond acceptors (Lipinski definition) is 4. The second-order valence-electron chi connectivity index (χ2n) is 5.74. The first-order valence-electron chi connectivity index (χ1n) is 8.62. The zero-order valence-corrected chi connectivity index (χ0v) is 14.5. The van der Waals surface area contributed by atoms with Crippen LogP contribution in [0, 0.1) is 0 Å². The number of phenols is 1. The maximum Gasteiger partial charge on any atom is 0.262 e. The summed E-state index contributed by atoms with van der Waals surface area (Å²) in [6.07, 6.45) is 4.62. The number of phenolic OH excluding ortho intramolecular Hbond substituents is 1. The standard InChI is InChI=1S/C20H25NO4/c1-2-3-4-7-13-24-16-9-8-10-17(14-16)25-15-20(23)21-18-11-5-6-12-19(18)22/h5-6,8-12,14,22H,2-4,7,13,15H2,1H3,(H,21,23). The lowest BCUT2D eigenvalue weighted by Crippen LogP contribution is -2.20. The topological polar surface area (TPSA) is 67.8 Å². The summed E-state index contributed by atoms with van der Waals surface area (Å²) in [4.78, 5) is 11.9. The number of aromatic hydroxyl groups is 1. The van der Waals surface area contributed by atoms with Gasteiger partial charge in [-0.2, -0.15) is 0 Å². The molecular formula is C20H25NO4. The zero-order valence-electron chi connectivity index (χ0n) is 14.5. The summed E-state index contributed by atoms with van der Waals surface area (Å²) < 4.78 is 11.2. The van der Waals surface area contributed by atoms with Gasteiger partial charge < -0.3 is 19.9 Å². The number of rotatable bonds is 10. The van der Waals surface area contributed by atoms with Crippen LogP contribution in [0.3, 0.4) is 0 Å². The summed E-state index contributed by atoms with van der Waals surface area (Å²) in [5.41, 5.74) is 0.361. The highest BCUT2D eigenvalue weighted by molar-refractivity contribution is 5.93. The van der Waals surface area contributed by atoms with Gasteiger partial charge in [-0.25, -0.2) is 0 Å². The van der Waals surface area contributed by atoms with E-state index in [4.69, 9.17) is 9.47 Å². The smallest absolute Gasteiger partial charge is 0.262 e. The van der Waals surface area contributed by atoms with Crippen LogP contribution in [0.5, 0.6) is 17.2 Å². The number of carbonyl (C=O) groups excluding carboxylic acids is 1. The van der Waals surface area contributed by atoms with Crippen LogP contribution >= 0.6 is 0 Å². The maximum atomic E-state index is 11.9. The quantitative estimate of drug-likeness (QED) is 0.496. The average molecular weight is 343 g/mol. The van der Waals surface area contributed by atoms with Gasteiger partial charge in [-0.1, -0.05) is 44.4 Å². The number of benzene rings is 2. The van der Waals surface area contributed by atoms with Crippen molar-refractivity contribution in [2.24, 2.45) is 0 Å². The third-order valence-corrected chi connectivity index (χ3v) is 3.62. The molecule has 5 nitrogen and oxygen atoms in total. The lowest BCUT2D eigenvalue weighted by Gasteiger charge is -2.10. The van der Waals surface area contributed by atoms with E-state index in [1.54, 1.807) is 30.3 Å². The Balaban J connectivity index is 1.77. The lowest BCUT2D eigenvalue weighted by atomic mass is 10.2. The molecule has 0 aromatic heterocycles. The van der Waals surface area contributed by atoms with Gasteiger partial charge in [0, 0.05) is 6.07 Å². The van der Waals surface area contributed by atoms with Crippen molar-refractivity contribution in [1.82, 2.24) is 0 Å². The molecule has 0 unspecified atom stereocenters. The molecule has 0 saturated heterocycles. The van der Waals surface area contributed by atoms with E-state index in [9.17, 15) is 9.90 Å². The number of anilines is 1. The summed E-state index contributed by atoms with van der Waals surface area (Å²) in [5.74, 6) is 0.982.